The number of hydrogen-bond acceptors (Lipinski definition) is 3. The quantitative estimate of drug-likeness (QED) is 0.707. The molecule has 1 unspecified atom stereocenters. The zero-order chi connectivity index (χ0) is 19.8. The molecule has 2 amide bonds. The third kappa shape index (κ3) is 5.98. The van der Waals surface area contributed by atoms with Crippen molar-refractivity contribution in [1.29, 1.82) is 0 Å². The number of likely N-dealkylation sites (tertiary alicyclic amines) is 1. The van der Waals surface area contributed by atoms with E-state index in [4.69, 9.17) is 4.74 Å². The molecule has 1 aliphatic rings. The Balaban J connectivity index is 1.80. The first-order chi connectivity index (χ1) is 12.9. The summed E-state index contributed by atoms with van der Waals surface area (Å²) in [6.45, 7) is 9.99. The Morgan fingerprint density at radius 3 is 2.59 bits per heavy atom. The maximum Gasteiger partial charge on any atom is 0.263 e. The number of rotatable bonds is 8. The molecule has 1 aromatic carbocycles. The summed E-state index contributed by atoms with van der Waals surface area (Å²) in [7, 11) is 0. The number of amides is 2. The van der Waals surface area contributed by atoms with Crippen LogP contribution in [0.15, 0.2) is 18.2 Å². The lowest BCUT2D eigenvalue weighted by molar-refractivity contribution is -0.141. The van der Waals surface area contributed by atoms with Crippen LogP contribution in [0.3, 0.4) is 0 Å². The van der Waals surface area contributed by atoms with Gasteiger partial charge in [-0.1, -0.05) is 31.9 Å². The second kappa shape index (κ2) is 10.3. The van der Waals surface area contributed by atoms with Crippen molar-refractivity contribution in [1.82, 2.24) is 10.2 Å². The Morgan fingerprint density at radius 2 is 1.93 bits per heavy atom. The molecule has 1 aliphatic heterocycles. The average Bonchev–Trinajstić information content (AvgIpc) is 2.68. The molecule has 0 aromatic heterocycles. The summed E-state index contributed by atoms with van der Waals surface area (Å²) in [6, 6.07) is 5.88. The number of piperidine rings is 1. The summed E-state index contributed by atoms with van der Waals surface area (Å²) in [5, 5.41) is 3.03. The van der Waals surface area contributed by atoms with Gasteiger partial charge >= 0.3 is 0 Å². The van der Waals surface area contributed by atoms with Crippen molar-refractivity contribution in [2.75, 3.05) is 19.6 Å². The van der Waals surface area contributed by atoms with E-state index >= 15 is 0 Å². The number of aryl methyl sites for hydroxylation is 1. The highest BCUT2D eigenvalue weighted by atomic mass is 16.5. The van der Waals surface area contributed by atoms with E-state index in [1.54, 1.807) is 6.92 Å². The van der Waals surface area contributed by atoms with Crippen LogP contribution in [0.25, 0.3) is 0 Å². The van der Waals surface area contributed by atoms with Crippen LogP contribution in [-0.4, -0.2) is 42.5 Å². The van der Waals surface area contributed by atoms with Crippen LogP contribution in [0.4, 0.5) is 0 Å². The first-order valence-electron chi connectivity index (χ1n) is 10.2. The van der Waals surface area contributed by atoms with E-state index in [0.717, 1.165) is 55.5 Å². The van der Waals surface area contributed by atoms with E-state index in [-0.39, 0.29) is 17.7 Å². The van der Waals surface area contributed by atoms with Gasteiger partial charge in [-0.05, 0) is 57.2 Å². The third-order valence-electron chi connectivity index (χ3n) is 5.46. The van der Waals surface area contributed by atoms with Crippen LogP contribution in [0, 0.1) is 19.8 Å². The van der Waals surface area contributed by atoms with Gasteiger partial charge < -0.3 is 15.0 Å². The molecule has 1 heterocycles. The lowest BCUT2D eigenvalue weighted by atomic mass is 9.95. The molecule has 0 spiro atoms. The SMILES string of the molecule is CCCCCNC(=O)C1CCN(C(=O)C(C)Oc2cccc(C)c2C)CC1. The van der Waals surface area contributed by atoms with Crippen LogP contribution in [0.5, 0.6) is 5.75 Å². The van der Waals surface area contributed by atoms with E-state index in [9.17, 15) is 9.59 Å². The predicted molar refractivity (Wildman–Crippen MR) is 108 cm³/mol. The molecule has 27 heavy (non-hydrogen) atoms. The van der Waals surface area contributed by atoms with Gasteiger partial charge in [-0.15, -0.1) is 0 Å². The zero-order valence-electron chi connectivity index (χ0n) is 17.2. The van der Waals surface area contributed by atoms with Gasteiger partial charge in [0, 0.05) is 25.6 Å². The highest BCUT2D eigenvalue weighted by Gasteiger charge is 2.30. The van der Waals surface area contributed by atoms with Crippen LogP contribution >= 0.6 is 0 Å². The number of benzene rings is 1. The monoisotopic (exact) mass is 374 g/mol. The molecule has 0 saturated carbocycles. The molecule has 5 nitrogen and oxygen atoms in total. The lowest BCUT2D eigenvalue weighted by Gasteiger charge is -2.33. The number of unbranched alkanes of at least 4 members (excludes halogenated alkanes) is 2. The lowest BCUT2D eigenvalue weighted by Crippen LogP contribution is -2.47. The average molecular weight is 375 g/mol. The first kappa shape index (κ1) is 21.3. The normalized spacial score (nSPS) is 16.1. The van der Waals surface area contributed by atoms with E-state index in [1.165, 1.54) is 0 Å². The number of ether oxygens (including phenoxy) is 1. The number of carbonyl (C=O) groups is 2. The second-order valence-electron chi connectivity index (χ2n) is 7.56. The minimum Gasteiger partial charge on any atom is -0.481 e. The summed E-state index contributed by atoms with van der Waals surface area (Å²) in [5.74, 6) is 0.915. The molecule has 1 aromatic rings. The molecule has 2 rings (SSSR count). The summed E-state index contributed by atoms with van der Waals surface area (Å²) in [6.07, 6.45) is 4.25. The maximum atomic E-state index is 12.7. The van der Waals surface area contributed by atoms with Crippen molar-refractivity contribution < 1.29 is 14.3 Å². The van der Waals surface area contributed by atoms with Crippen LogP contribution in [0.1, 0.15) is 57.1 Å². The number of carbonyl (C=O) groups excluding carboxylic acids is 2. The van der Waals surface area contributed by atoms with Crippen molar-refractivity contribution in [3.8, 4) is 5.75 Å². The Labute approximate surface area is 163 Å². The summed E-state index contributed by atoms with van der Waals surface area (Å²) in [4.78, 5) is 26.8. The number of hydrogen-bond donors (Lipinski definition) is 1. The molecule has 1 N–H and O–H groups in total. The topological polar surface area (TPSA) is 58.6 Å². The summed E-state index contributed by atoms with van der Waals surface area (Å²) < 4.78 is 5.92. The van der Waals surface area contributed by atoms with E-state index < -0.39 is 6.10 Å². The van der Waals surface area contributed by atoms with Gasteiger partial charge in [-0.2, -0.15) is 0 Å². The van der Waals surface area contributed by atoms with Crippen molar-refractivity contribution >= 4 is 11.8 Å². The fraction of sp³-hybridized carbons (Fsp3) is 0.636. The van der Waals surface area contributed by atoms with Gasteiger partial charge in [0.15, 0.2) is 6.10 Å². The smallest absolute Gasteiger partial charge is 0.263 e. The molecule has 0 bridgehead atoms. The van der Waals surface area contributed by atoms with Gasteiger partial charge in [-0.25, -0.2) is 0 Å². The van der Waals surface area contributed by atoms with E-state index in [1.807, 2.05) is 36.9 Å². The van der Waals surface area contributed by atoms with Crippen LogP contribution < -0.4 is 10.1 Å². The maximum absolute atomic E-state index is 12.7. The fourth-order valence-corrected chi connectivity index (χ4v) is 3.44. The largest absolute Gasteiger partial charge is 0.481 e. The number of nitrogens with zero attached hydrogens (tertiary/aromatic N) is 1. The van der Waals surface area contributed by atoms with E-state index in [0.29, 0.717) is 13.1 Å². The molecule has 0 radical (unpaired) electrons. The molecule has 1 saturated heterocycles. The summed E-state index contributed by atoms with van der Waals surface area (Å²) >= 11 is 0. The van der Waals surface area contributed by atoms with Gasteiger partial charge in [0.05, 0.1) is 0 Å². The second-order valence-corrected chi connectivity index (χ2v) is 7.56. The van der Waals surface area contributed by atoms with Crippen molar-refractivity contribution in [3.63, 3.8) is 0 Å². The molecule has 1 fully saturated rings. The molecular weight excluding hydrogens is 340 g/mol. The molecular formula is C22H34N2O3. The molecule has 0 aliphatic carbocycles. The van der Waals surface area contributed by atoms with Gasteiger partial charge in [0.1, 0.15) is 5.75 Å². The molecule has 150 valence electrons. The highest BCUT2D eigenvalue weighted by molar-refractivity contribution is 5.82. The van der Waals surface area contributed by atoms with Crippen LogP contribution in [-0.2, 0) is 9.59 Å². The Kier molecular flexibility index (Phi) is 8.14. The Bertz CT molecular complexity index is 636. The minimum atomic E-state index is -0.523. The van der Waals surface area contributed by atoms with E-state index in [2.05, 4.69) is 12.2 Å². The van der Waals surface area contributed by atoms with Crippen molar-refractivity contribution in [2.24, 2.45) is 5.92 Å². The Morgan fingerprint density at radius 1 is 1.22 bits per heavy atom. The standard InChI is InChI=1S/C22H34N2O3/c1-5-6-7-13-23-21(25)19-11-14-24(15-12-19)22(26)18(4)27-20-10-8-9-16(2)17(20)3/h8-10,18-19H,5-7,11-15H2,1-4H3,(H,23,25). The minimum absolute atomic E-state index is 0.00212. The van der Waals surface area contributed by atoms with Crippen LogP contribution in [0.2, 0.25) is 0 Å². The molecule has 1 atom stereocenters. The predicted octanol–water partition coefficient (Wildman–Crippen LogP) is 3.62. The van der Waals surface area contributed by atoms with Crippen molar-refractivity contribution in [3.05, 3.63) is 29.3 Å². The van der Waals surface area contributed by atoms with Crippen molar-refractivity contribution in [2.45, 2.75) is 65.9 Å². The first-order valence-corrected chi connectivity index (χ1v) is 10.2. The highest BCUT2D eigenvalue weighted by Crippen LogP contribution is 2.23. The number of nitrogens with one attached hydrogen (secondary N) is 1. The summed E-state index contributed by atoms with van der Waals surface area (Å²) in [5.41, 5.74) is 2.22. The molecule has 5 heteroatoms. The van der Waals surface area contributed by atoms with Gasteiger partial charge in [0.25, 0.3) is 5.91 Å². The van der Waals surface area contributed by atoms with Gasteiger partial charge in [-0.3, -0.25) is 9.59 Å². The fourth-order valence-electron chi connectivity index (χ4n) is 3.44. The zero-order valence-corrected chi connectivity index (χ0v) is 17.2. The third-order valence-corrected chi connectivity index (χ3v) is 5.46. The Hall–Kier alpha value is -2.04. The van der Waals surface area contributed by atoms with Gasteiger partial charge in [0.2, 0.25) is 5.91 Å².